The molecule has 0 radical (unpaired) electrons. The number of pyridine rings is 1. The summed E-state index contributed by atoms with van der Waals surface area (Å²) in [5.74, 6) is 3.43. The van der Waals surface area contributed by atoms with Crippen LogP contribution in [-0.2, 0) is 34.2 Å². The first kappa shape index (κ1) is 31.1. The summed E-state index contributed by atoms with van der Waals surface area (Å²) in [5, 5.41) is 18.0. The summed E-state index contributed by atoms with van der Waals surface area (Å²) in [6.45, 7) is 8.82. The normalized spacial score (nSPS) is 8.39. The molecule has 0 atom stereocenters. The van der Waals surface area contributed by atoms with Crippen molar-refractivity contribution in [2.24, 2.45) is 5.90 Å². The van der Waals surface area contributed by atoms with Gasteiger partial charge in [0.1, 0.15) is 0 Å². The Morgan fingerprint density at radius 2 is 1.54 bits per heavy atom. The summed E-state index contributed by atoms with van der Waals surface area (Å²) in [6.07, 6.45) is 6.71. The summed E-state index contributed by atoms with van der Waals surface area (Å²) in [6, 6.07) is 13.9. The van der Waals surface area contributed by atoms with Crippen LogP contribution in [0.2, 0.25) is 0 Å². The van der Waals surface area contributed by atoms with Crippen molar-refractivity contribution in [2.45, 2.75) is 53.7 Å². The largest absolute Gasteiger partial charge is 0.352 e. The van der Waals surface area contributed by atoms with Crippen LogP contribution in [0.1, 0.15) is 56.5 Å². The van der Waals surface area contributed by atoms with Gasteiger partial charge in [-0.2, -0.15) is 4.57 Å². The van der Waals surface area contributed by atoms with Crippen LogP contribution < -0.4 is 15.8 Å². The summed E-state index contributed by atoms with van der Waals surface area (Å²) in [4.78, 5) is 11.4. The van der Waals surface area contributed by atoms with Gasteiger partial charge in [-0.05, 0) is 18.4 Å². The molecule has 0 aliphatic rings. The zero-order chi connectivity index (χ0) is 20.9. The summed E-state index contributed by atoms with van der Waals surface area (Å²) in [7, 11) is 0. The zero-order valence-electron chi connectivity index (χ0n) is 17.5. The third-order valence-electron chi connectivity index (χ3n) is 3.23. The smallest absolute Gasteiger partial charge is 0.251 e. The zero-order valence-corrected chi connectivity index (χ0v) is 20.4. The van der Waals surface area contributed by atoms with E-state index in [1.807, 2.05) is 20.8 Å². The van der Waals surface area contributed by atoms with Crippen molar-refractivity contribution in [1.29, 1.82) is 0 Å². The van der Waals surface area contributed by atoms with Gasteiger partial charge in [-0.1, -0.05) is 64.4 Å². The molecule has 1 amide bonds. The summed E-state index contributed by atoms with van der Waals surface area (Å²) >= 11 is 0. The van der Waals surface area contributed by atoms with Crippen molar-refractivity contribution in [3.63, 3.8) is 0 Å². The average molecular weight is 562 g/mol. The Balaban J connectivity index is -0.000000388. The SMILES string of the molecule is CC.CCCNC(=O)c1cc[n+](CO)cc1.CCCc1ccccc1.NO.[W]. The summed E-state index contributed by atoms with van der Waals surface area (Å²) in [5.41, 5.74) is 2.06. The molecule has 2 rings (SSSR count). The third-order valence-corrected chi connectivity index (χ3v) is 3.23. The molecule has 0 spiro atoms. The third kappa shape index (κ3) is 15.5. The molecular weight excluding hydrogens is 526 g/mol. The minimum atomic E-state index is -0.0726. The molecule has 0 fully saturated rings. The molecule has 2 aromatic rings. The average Bonchev–Trinajstić information content (AvgIpc) is 2.76. The topological polar surface area (TPSA) is 99.5 Å². The number of hydrogen-bond donors (Lipinski definition) is 4. The van der Waals surface area contributed by atoms with Gasteiger partial charge in [-0.15, -0.1) is 0 Å². The van der Waals surface area contributed by atoms with E-state index in [0.717, 1.165) is 6.42 Å². The van der Waals surface area contributed by atoms with E-state index in [4.69, 9.17) is 10.3 Å². The fourth-order valence-corrected chi connectivity index (χ4v) is 1.98. The van der Waals surface area contributed by atoms with Gasteiger partial charge < -0.3 is 15.6 Å². The van der Waals surface area contributed by atoms with E-state index < -0.39 is 0 Å². The minimum absolute atomic E-state index is 0. The van der Waals surface area contributed by atoms with Crippen molar-refractivity contribution in [2.75, 3.05) is 6.54 Å². The Labute approximate surface area is 184 Å². The maximum atomic E-state index is 11.4. The van der Waals surface area contributed by atoms with Crippen LogP contribution in [0.3, 0.4) is 0 Å². The molecule has 0 unspecified atom stereocenters. The standard InChI is InChI=1S/C10H14N2O2.C9H12.C2H6.H3NO.W/c1-2-5-11-10(14)9-3-6-12(8-13)7-4-9;1-2-6-9-7-4-3-5-8-9;2*1-2;/h3-4,6-7,13H,2,5,8H2,1H3;3-5,7-8H,2,6H2,1H3;1-2H3;2H,1H2;/p+1. The second-order valence-corrected chi connectivity index (χ2v) is 5.23. The predicted octanol–water partition coefficient (Wildman–Crippen LogP) is 3.06. The van der Waals surface area contributed by atoms with Gasteiger partial charge in [0.2, 0.25) is 6.73 Å². The van der Waals surface area contributed by atoms with Crippen molar-refractivity contribution in [3.05, 3.63) is 66.0 Å². The predicted molar refractivity (Wildman–Crippen MR) is 109 cm³/mol. The van der Waals surface area contributed by atoms with E-state index in [2.05, 4.69) is 48.5 Å². The molecule has 1 heterocycles. The van der Waals surface area contributed by atoms with Gasteiger partial charge in [0.05, 0.1) is 5.56 Å². The van der Waals surface area contributed by atoms with Gasteiger partial charge in [0.25, 0.3) is 5.91 Å². The van der Waals surface area contributed by atoms with E-state index in [0.29, 0.717) is 12.1 Å². The number of aliphatic hydroxyl groups excluding tert-OH is 1. The van der Waals surface area contributed by atoms with Crippen molar-refractivity contribution in [3.8, 4) is 0 Å². The number of nitrogens with one attached hydrogen (secondary N) is 1. The Hall–Kier alpha value is -1.59. The Kier molecular flexibility index (Phi) is 26.1. The van der Waals surface area contributed by atoms with Crippen LogP contribution in [-0.4, -0.2) is 22.8 Å². The van der Waals surface area contributed by atoms with E-state index in [-0.39, 0.29) is 33.7 Å². The maximum Gasteiger partial charge on any atom is 0.251 e. The molecule has 28 heavy (non-hydrogen) atoms. The molecule has 0 saturated carbocycles. The van der Waals surface area contributed by atoms with E-state index in [9.17, 15) is 4.79 Å². The number of carbonyl (C=O) groups is 1. The van der Waals surface area contributed by atoms with Crippen LogP contribution in [0.4, 0.5) is 0 Å². The van der Waals surface area contributed by atoms with E-state index in [1.54, 1.807) is 29.1 Å². The Morgan fingerprint density at radius 1 is 1.00 bits per heavy atom. The first-order valence-corrected chi connectivity index (χ1v) is 9.39. The fraction of sp³-hybridized carbons (Fsp3) is 0.429. The maximum absolute atomic E-state index is 11.4. The first-order valence-electron chi connectivity index (χ1n) is 9.39. The number of amides is 1. The second kappa shape index (κ2) is 23.4. The number of carbonyl (C=O) groups excluding carboxylic acids is 1. The van der Waals surface area contributed by atoms with Gasteiger partial charge in [-0.3, -0.25) is 4.79 Å². The van der Waals surface area contributed by atoms with Gasteiger partial charge >= 0.3 is 0 Å². The number of aryl methyl sites for hydroxylation is 1. The molecule has 5 N–H and O–H groups in total. The van der Waals surface area contributed by atoms with Crippen LogP contribution in [0.5, 0.6) is 0 Å². The minimum Gasteiger partial charge on any atom is -0.352 e. The van der Waals surface area contributed by atoms with Crippen LogP contribution >= 0.6 is 0 Å². The molecule has 0 bridgehead atoms. The number of aliphatic hydroxyl groups is 1. The number of hydrogen-bond acceptors (Lipinski definition) is 4. The molecule has 6 nitrogen and oxygen atoms in total. The monoisotopic (exact) mass is 562 g/mol. The number of nitrogens with two attached hydrogens (primary N) is 1. The van der Waals surface area contributed by atoms with E-state index in [1.165, 1.54) is 18.4 Å². The number of aromatic nitrogens is 1. The van der Waals surface area contributed by atoms with Crippen LogP contribution in [0.15, 0.2) is 54.9 Å². The van der Waals surface area contributed by atoms with Crippen molar-refractivity contribution >= 4 is 5.91 Å². The number of nitrogens with zero attached hydrogens (tertiary/aromatic N) is 1. The van der Waals surface area contributed by atoms with Crippen molar-refractivity contribution in [1.82, 2.24) is 5.32 Å². The molecule has 0 aliphatic carbocycles. The quantitative estimate of drug-likeness (QED) is 0.322. The fourth-order valence-electron chi connectivity index (χ4n) is 1.98. The van der Waals surface area contributed by atoms with Gasteiger partial charge in [-0.25, -0.2) is 5.90 Å². The molecule has 0 saturated heterocycles. The van der Waals surface area contributed by atoms with Gasteiger partial charge in [0.15, 0.2) is 12.4 Å². The number of rotatable bonds is 6. The van der Waals surface area contributed by atoms with E-state index >= 15 is 0 Å². The Morgan fingerprint density at radius 3 is 1.96 bits per heavy atom. The number of benzene rings is 1. The summed E-state index contributed by atoms with van der Waals surface area (Å²) < 4.78 is 1.58. The molecule has 1 aromatic heterocycles. The van der Waals surface area contributed by atoms with Crippen LogP contribution in [0.25, 0.3) is 0 Å². The molecule has 1 aromatic carbocycles. The molecule has 158 valence electrons. The molecule has 7 heteroatoms. The second-order valence-electron chi connectivity index (χ2n) is 5.23. The Bertz CT molecular complexity index is 567. The molecular formula is C21H36N3O3W+. The van der Waals surface area contributed by atoms with Gasteiger partial charge in [0, 0.05) is 39.7 Å². The van der Waals surface area contributed by atoms with Crippen molar-refractivity contribution < 1.29 is 40.7 Å². The van der Waals surface area contributed by atoms with Crippen LogP contribution in [0, 0.1) is 0 Å². The molecule has 0 aliphatic heterocycles. The first-order chi connectivity index (χ1) is 13.2.